The average Bonchev–Trinajstić information content (AvgIpc) is 3.37. The molecule has 170 valence electrons. The molecule has 2 fully saturated rings. The Morgan fingerprint density at radius 3 is 2.28 bits per heavy atom. The monoisotopic (exact) mass is 435 g/mol. The fourth-order valence-corrected chi connectivity index (χ4v) is 4.72. The van der Waals surface area contributed by atoms with E-state index in [9.17, 15) is 9.59 Å². The van der Waals surface area contributed by atoms with E-state index >= 15 is 0 Å². The van der Waals surface area contributed by atoms with Crippen LogP contribution in [0.5, 0.6) is 5.75 Å². The first kappa shape index (κ1) is 22.2. The van der Waals surface area contributed by atoms with Crippen LogP contribution in [0, 0.1) is 5.92 Å². The van der Waals surface area contributed by atoms with Crippen LogP contribution >= 0.6 is 0 Å². The van der Waals surface area contributed by atoms with Crippen LogP contribution in [0.4, 0.5) is 11.4 Å². The molecule has 2 aliphatic rings. The molecule has 2 aromatic rings. The van der Waals surface area contributed by atoms with E-state index in [1.165, 1.54) is 25.7 Å². The minimum atomic E-state index is -0.000309. The van der Waals surface area contributed by atoms with Crippen LogP contribution < -0.4 is 10.1 Å². The van der Waals surface area contributed by atoms with Crippen molar-refractivity contribution in [1.82, 2.24) is 9.80 Å². The zero-order valence-corrected chi connectivity index (χ0v) is 18.9. The van der Waals surface area contributed by atoms with E-state index in [4.69, 9.17) is 4.74 Å². The Hall–Kier alpha value is -3.02. The molecular weight excluding hydrogens is 402 g/mol. The number of carbonyl (C=O) groups is 2. The van der Waals surface area contributed by atoms with Crippen molar-refractivity contribution >= 4 is 23.2 Å². The van der Waals surface area contributed by atoms with Crippen molar-refractivity contribution in [3.63, 3.8) is 0 Å². The van der Waals surface area contributed by atoms with Crippen molar-refractivity contribution in [2.75, 3.05) is 38.6 Å². The molecule has 0 aromatic heterocycles. The van der Waals surface area contributed by atoms with Gasteiger partial charge in [-0.15, -0.1) is 0 Å². The van der Waals surface area contributed by atoms with E-state index in [1.54, 1.807) is 7.11 Å². The van der Waals surface area contributed by atoms with Gasteiger partial charge in [0.25, 0.3) is 5.91 Å². The maximum absolute atomic E-state index is 13.2. The van der Waals surface area contributed by atoms with Gasteiger partial charge in [0.1, 0.15) is 5.75 Å². The van der Waals surface area contributed by atoms with E-state index < -0.39 is 0 Å². The first-order chi connectivity index (χ1) is 15.6. The number of piperazine rings is 1. The maximum atomic E-state index is 13.2. The molecule has 1 N–H and O–H groups in total. The van der Waals surface area contributed by atoms with Crippen LogP contribution in [-0.4, -0.2) is 54.9 Å². The summed E-state index contributed by atoms with van der Waals surface area (Å²) in [5.74, 6) is 1.76. The quantitative estimate of drug-likeness (QED) is 0.685. The summed E-state index contributed by atoms with van der Waals surface area (Å²) in [4.78, 5) is 29.6. The fraction of sp³-hybridized carbons (Fsp3) is 0.462. The Kier molecular flexibility index (Phi) is 7.30. The Bertz CT molecular complexity index is 914. The molecule has 0 bridgehead atoms. The summed E-state index contributed by atoms with van der Waals surface area (Å²) >= 11 is 0. The van der Waals surface area contributed by atoms with E-state index in [0.29, 0.717) is 38.2 Å². The molecule has 1 aliphatic carbocycles. The molecule has 1 heterocycles. The van der Waals surface area contributed by atoms with Crippen LogP contribution in [0.2, 0.25) is 0 Å². The van der Waals surface area contributed by atoms with Gasteiger partial charge < -0.3 is 19.9 Å². The highest BCUT2D eigenvalue weighted by Gasteiger charge is 2.26. The van der Waals surface area contributed by atoms with Crippen LogP contribution in [0.3, 0.4) is 0 Å². The third-order valence-electron chi connectivity index (χ3n) is 6.69. The molecule has 0 radical (unpaired) electrons. The topological polar surface area (TPSA) is 61.9 Å². The highest BCUT2D eigenvalue weighted by atomic mass is 16.5. The zero-order valence-electron chi connectivity index (χ0n) is 18.9. The molecule has 2 aromatic carbocycles. The third-order valence-corrected chi connectivity index (χ3v) is 6.69. The van der Waals surface area contributed by atoms with Gasteiger partial charge in [0.05, 0.1) is 18.4 Å². The Balaban J connectivity index is 1.33. The maximum Gasteiger partial charge on any atom is 0.256 e. The first-order valence-corrected chi connectivity index (χ1v) is 11.7. The number of rotatable bonds is 7. The van der Waals surface area contributed by atoms with Gasteiger partial charge in [-0.3, -0.25) is 9.59 Å². The number of nitrogens with zero attached hydrogens (tertiary/aromatic N) is 2. The molecule has 0 unspecified atom stereocenters. The molecule has 1 aliphatic heterocycles. The van der Waals surface area contributed by atoms with Crippen LogP contribution in [-0.2, 0) is 4.79 Å². The average molecular weight is 436 g/mol. The summed E-state index contributed by atoms with van der Waals surface area (Å²) in [7, 11) is 1.64. The number of para-hydroxylation sites is 1. The minimum absolute atomic E-state index is 0.000309. The summed E-state index contributed by atoms with van der Waals surface area (Å²) in [5.41, 5.74) is 2.31. The molecular formula is C26H33N3O3. The number of benzene rings is 2. The Morgan fingerprint density at radius 2 is 1.59 bits per heavy atom. The van der Waals surface area contributed by atoms with Crippen molar-refractivity contribution in [2.24, 2.45) is 5.92 Å². The number of anilines is 2. The number of hydrogen-bond donors (Lipinski definition) is 1. The predicted molar refractivity (Wildman–Crippen MR) is 126 cm³/mol. The van der Waals surface area contributed by atoms with E-state index in [-0.39, 0.29) is 11.8 Å². The van der Waals surface area contributed by atoms with Gasteiger partial charge in [-0.25, -0.2) is 0 Å². The third kappa shape index (κ3) is 5.42. The van der Waals surface area contributed by atoms with Gasteiger partial charge in [-0.1, -0.05) is 37.8 Å². The van der Waals surface area contributed by atoms with E-state index in [1.807, 2.05) is 58.3 Å². The van der Waals surface area contributed by atoms with Crippen molar-refractivity contribution in [1.29, 1.82) is 0 Å². The molecule has 4 rings (SSSR count). The number of amides is 2. The second-order valence-corrected chi connectivity index (χ2v) is 8.76. The number of nitrogens with one attached hydrogen (secondary N) is 1. The smallest absolute Gasteiger partial charge is 0.256 e. The molecule has 2 amide bonds. The summed E-state index contributed by atoms with van der Waals surface area (Å²) in [6.45, 7) is 2.38. The number of carbonyl (C=O) groups excluding carboxylic acids is 2. The van der Waals surface area contributed by atoms with Crippen LogP contribution in [0.15, 0.2) is 48.5 Å². The van der Waals surface area contributed by atoms with E-state index in [0.717, 1.165) is 29.5 Å². The summed E-state index contributed by atoms with van der Waals surface area (Å²) < 4.78 is 5.21. The van der Waals surface area contributed by atoms with E-state index in [2.05, 4.69) is 5.32 Å². The number of ether oxygens (including phenoxy) is 1. The van der Waals surface area contributed by atoms with Crippen LogP contribution in [0.25, 0.3) is 0 Å². The fourth-order valence-electron chi connectivity index (χ4n) is 4.72. The second-order valence-electron chi connectivity index (χ2n) is 8.76. The van der Waals surface area contributed by atoms with Gasteiger partial charge in [0.2, 0.25) is 5.91 Å². The molecule has 1 saturated carbocycles. The van der Waals surface area contributed by atoms with Crippen molar-refractivity contribution in [3.8, 4) is 5.75 Å². The van der Waals surface area contributed by atoms with Crippen molar-refractivity contribution in [2.45, 2.75) is 38.5 Å². The zero-order chi connectivity index (χ0) is 22.3. The predicted octanol–water partition coefficient (Wildman–Crippen LogP) is 4.69. The Morgan fingerprint density at radius 1 is 0.938 bits per heavy atom. The number of methoxy groups -OCH3 is 1. The Labute approximate surface area is 190 Å². The SMILES string of the molecule is COc1ccc(Nc2ccccc2C(=O)N2CCN(C(=O)CCC3CCCC3)CC2)cc1. The lowest BCUT2D eigenvalue weighted by atomic mass is 10.0. The van der Waals surface area contributed by atoms with Crippen molar-refractivity contribution in [3.05, 3.63) is 54.1 Å². The van der Waals surface area contributed by atoms with Crippen LogP contribution in [0.1, 0.15) is 48.9 Å². The highest BCUT2D eigenvalue weighted by Crippen LogP contribution is 2.29. The lowest BCUT2D eigenvalue weighted by Crippen LogP contribution is -2.50. The normalized spacial score (nSPS) is 16.8. The molecule has 6 nitrogen and oxygen atoms in total. The van der Waals surface area contributed by atoms with Gasteiger partial charge in [0.15, 0.2) is 0 Å². The summed E-state index contributed by atoms with van der Waals surface area (Å²) in [5, 5.41) is 3.35. The first-order valence-electron chi connectivity index (χ1n) is 11.7. The highest BCUT2D eigenvalue weighted by molar-refractivity contribution is 6.00. The van der Waals surface area contributed by atoms with Gasteiger partial charge >= 0.3 is 0 Å². The summed E-state index contributed by atoms with van der Waals surface area (Å²) in [6, 6.07) is 15.2. The van der Waals surface area contributed by atoms with Gasteiger partial charge in [-0.2, -0.15) is 0 Å². The lowest BCUT2D eigenvalue weighted by molar-refractivity contribution is -0.133. The molecule has 0 spiro atoms. The summed E-state index contributed by atoms with van der Waals surface area (Å²) in [6.07, 6.45) is 6.84. The van der Waals surface area contributed by atoms with Crippen molar-refractivity contribution < 1.29 is 14.3 Å². The minimum Gasteiger partial charge on any atom is -0.497 e. The molecule has 32 heavy (non-hydrogen) atoms. The lowest BCUT2D eigenvalue weighted by Gasteiger charge is -2.35. The number of hydrogen-bond acceptors (Lipinski definition) is 4. The second kappa shape index (κ2) is 10.5. The van der Waals surface area contributed by atoms with Gasteiger partial charge in [-0.05, 0) is 48.7 Å². The molecule has 0 atom stereocenters. The van der Waals surface area contributed by atoms with Gasteiger partial charge in [0, 0.05) is 38.3 Å². The standard InChI is InChI=1S/C26H33N3O3/c1-32-22-13-11-21(12-14-22)27-24-9-5-4-8-23(24)26(31)29-18-16-28(17-19-29)25(30)15-10-20-6-2-3-7-20/h4-5,8-9,11-14,20,27H,2-3,6-7,10,15-19H2,1H3. The molecule has 6 heteroatoms. The molecule has 1 saturated heterocycles. The largest absolute Gasteiger partial charge is 0.497 e.